The number of nitrogens with one attached hydrogen (secondary N) is 2. The molecule has 3 rings (SSSR count). The van der Waals surface area contributed by atoms with Crippen molar-refractivity contribution in [3.05, 3.63) is 35.4 Å². The van der Waals surface area contributed by atoms with Crippen LogP contribution in [0.25, 0.3) is 0 Å². The summed E-state index contributed by atoms with van der Waals surface area (Å²) in [5, 5.41) is 14.2. The molecule has 1 aromatic carbocycles. The second-order valence-corrected chi connectivity index (χ2v) is 9.26. The average molecular weight is 433 g/mol. The van der Waals surface area contributed by atoms with E-state index < -0.39 is 28.0 Å². The molecule has 0 spiro atoms. The van der Waals surface area contributed by atoms with Gasteiger partial charge < -0.3 is 15.5 Å². The van der Waals surface area contributed by atoms with E-state index in [-0.39, 0.29) is 31.4 Å². The largest absolute Gasteiger partial charge is 0.354 e. The normalized spacial score (nSPS) is 22.7. The maximum atomic E-state index is 12.9. The fourth-order valence-corrected chi connectivity index (χ4v) is 4.65. The molecule has 0 saturated carbocycles. The third-order valence-electron chi connectivity index (χ3n) is 5.21. The first-order valence-electron chi connectivity index (χ1n) is 9.55. The molecule has 2 aliphatic heterocycles. The summed E-state index contributed by atoms with van der Waals surface area (Å²) in [6.07, 6.45) is 2.19. The van der Waals surface area contributed by atoms with Gasteiger partial charge in [0.05, 0.1) is 17.9 Å². The summed E-state index contributed by atoms with van der Waals surface area (Å²) in [6.45, 7) is 0.498. The zero-order chi connectivity index (χ0) is 21.9. The van der Waals surface area contributed by atoms with Crippen molar-refractivity contribution in [2.75, 3.05) is 32.4 Å². The molecule has 160 valence electrons. The molecule has 0 aliphatic carbocycles. The summed E-state index contributed by atoms with van der Waals surface area (Å²) in [6, 6.07) is 6.19. The number of rotatable bonds is 4. The summed E-state index contributed by atoms with van der Waals surface area (Å²) in [5.74, 6) is -1.28. The third-order valence-corrected chi connectivity index (χ3v) is 6.50. The van der Waals surface area contributed by atoms with Crippen LogP contribution in [0.4, 0.5) is 0 Å². The van der Waals surface area contributed by atoms with Gasteiger partial charge in [0.15, 0.2) is 0 Å². The molecule has 0 aromatic heterocycles. The second-order valence-electron chi connectivity index (χ2n) is 7.32. The van der Waals surface area contributed by atoms with Gasteiger partial charge >= 0.3 is 0 Å². The van der Waals surface area contributed by atoms with Crippen LogP contribution in [0.15, 0.2) is 24.3 Å². The van der Waals surface area contributed by atoms with E-state index >= 15 is 0 Å². The molecule has 2 N–H and O–H groups in total. The van der Waals surface area contributed by atoms with Crippen molar-refractivity contribution >= 4 is 27.7 Å². The molecule has 3 amide bonds. The maximum absolute atomic E-state index is 12.9. The number of carbonyl (C=O) groups excluding carboxylic acids is 3. The number of nitrogens with zero attached hydrogens (tertiary/aromatic N) is 3. The molecule has 2 atom stereocenters. The summed E-state index contributed by atoms with van der Waals surface area (Å²) in [5.41, 5.74) is 0.754. The molecule has 1 aromatic rings. The zero-order valence-electron chi connectivity index (χ0n) is 16.5. The molecular formula is C19H23N5O5S. The highest BCUT2D eigenvalue weighted by Gasteiger charge is 2.40. The van der Waals surface area contributed by atoms with Crippen LogP contribution in [-0.2, 0) is 19.6 Å². The van der Waals surface area contributed by atoms with E-state index in [1.165, 1.54) is 29.2 Å². The standard InChI is InChI=1S/C19H23N5O5S/c1-30(28,29)24-10-9-23(19(27)14-6-4-13(11-20)5-7-14)12-16(24)18(26)22-15-3-2-8-21-17(15)25/h4-7,15-16H,2-3,8-10,12H2,1H3,(H,21,25)(H,22,26)/t15-,16+/m1/s1. The Bertz CT molecular complexity index is 986. The highest BCUT2D eigenvalue weighted by molar-refractivity contribution is 7.88. The van der Waals surface area contributed by atoms with E-state index in [1.807, 2.05) is 6.07 Å². The summed E-state index contributed by atoms with van der Waals surface area (Å²) in [7, 11) is -3.70. The molecule has 10 nitrogen and oxygen atoms in total. The molecule has 11 heteroatoms. The van der Waals surface area contributed by atoms with Crippen molar-refractivity contribution < 1.29 is 22.8 Å². The number of hydrogen-bond donors (Lipinski definition) is 2. The number of carbonyl (C=O) groups is 3. The van der Waals surface area contributed by atoms with Crippen molar-refractivity contribution in [3.63, 3.8) is 0 Å². The summed E-state index contributed by atoms with van der Waals surface area (Å²) >= 11 is 0. The topological polar surface area (TPSA) is 140 Å². The average Bonchev–Trinajstić information content (AvgIpc) is 2.73. The molecule has 0 unspecified atom stereocenters. The van der Waals surface area contributed by atoms with Gasteiger partial charge in [-0.3, -0.25) is 14.4 Å². The van der Waals surface area contributed by atoms with Crippen molar-refractivity contribution in [1.82, 2.24) is 19.8 Å². The highest BCUT2D eigenvalue weighted by Crippen LogP contribution is 2.18. The lowest BCUT2D eigenvalue weighted by Crippen LogP contribution is -2.63. The van der Waals surface area contributed by atoms with Gasteiger partial charge in [-0.2, -0.15) is 9.57 Å². The Morgan fingerprint density at radius 3 is 2.53 bits per heavy atom. The van der Waals surface area contributed by atoms with Crippen LogP contribution in [0.2, 0.25) is 0 Å². The van der Waals surface area contributed by atoms with Gasteiger partial charge in [0.2, 0.25) is 21.8 Å². The molecule has 30 heavy (non-hydrogen) atoms. The van der Waals surface area contributed by atoms with Gasteiger partial charge in [-0.25, -0.2) is 8.42 Å². The second kappa shape index (κ2) is 8.81. The number of nitriles is 1. The number of piperidine rings is 1. The fraction of sp³-hybridized carbons (Fsp3) is 0.474. The minimum absolute atomic E-state index is 0.0319. The van der Waals surface area contributed by atoms with Crippen molar-refractivity contribution in [2.24, 2.45) is 0 Å². The molecule has 0 radical (unpaired) electrons. The van der Waals surface area contributed by atoms with E-state index in [9.17, 15) is 22.8 Å². The molecule has 2 heterocycles. The molecule has 2 fully saturated rings. The number of piperazine rings is 1. The lowest BCUT2D eigenvalue weighted by molar-refractivity contribution is -0.132. The third kappa shape index (κ3) is 4.77. The van der Waals surface area contributed by atoms with E-state index in [0.29, 0.717) is 30.5 Å². The lowest BCUT2D eigenvalue weighted by atomic mass is 10.1. The Morgan fingerprint density at radius 2 is 1.93 bits per heavy atom. The van der Waals surface area contributed by atoms with Crippen LogP contribution in [0.1, 0.15) is 28.8 Å². The number of amides is 3. The van der Waals surface area contributed by atoms with Crippen molar-refractivity contribution in [3.8, 4) is 6.07 Å². The summed E-state index contributed by atoms with van der Waals surface area (Å²) < 4.78 is 25.5. The van der Waals surface area contributed by atoms with E-state index in [0.717, 1.165) is 10.6 Å². The minimum atomic E-state index is -3.70. The van der Waals surface area contributed by atoms with E-state index in [2.05, 4.69) is 10.6 Å². The van der Waals surface area contributed by atoms with Gasteiger partial charge in [0.1, 0.15) is 12.1 Å². The minimum Gasteiger partial charge on any atom is -0.354 e. The van der Waals surface area contributed by atoms with Crippen LogP contribution in [0.3, 0.4) is 0 Å². The lowest BCUT2D eigenvalue weighted by Gasteiger charge is -2.39. The molecule has 2 saturated heterocycles. The van der Waals surface area contributed by atoms with Gasteiger partial charge in [0.25, 0.3) is 5.91 Å². The first-order chi connectivity index (χ1) is 14.2. The van der Waals surface area contributed by atoms with Crippen LogP contribution in [0, 0.1) is 11.3 Å². The zero-order valence-corrected chi connectivity index (χ0v) is 17.3. The van der Waals surface area contributed by atoms with Gasteiger partial charge in [-0.15, -0.1) is 0 Å². The maximum Gasteiger partial charge on any atom is 0.253 e. The van der Waals surface area contributed by atoms with Gasteiger partial charge in [-0.05, 0) is 37.1 Å². The molecule has 0 bridgehead atoms. The summed E-state index contributed by atoms with van der Waals surface area (Å²) in [4.78, 5) is 39.1. The molecular weight excluding hydrogens is 410 g/mol. The Labute approximate surface area is 174 Å². The quantitative estimate of drug-likeness (QED) is 0.627. The Balaban J connectivity index is 1.78. The number of hydrogen-bond acceptors (Lipinski definition) is 6. The van der Waals surface area contributed by atoms with Crippen LogP contribution >= 0.6 is 0 Å². The van der Waals surface area contributed by atoms with E-state index in [4.69, 9.17) is 5.26 Å². The predicted octanol–water partition coefficient (Wildman–Crippen LogP) is -0.961. The van der Waals surface area contributed by atoms with E-state index in [1.54, 1.807) is 0 Å². The van der Waals surface area contributed by atoms with Crippen LogP contribution < -0.4 is 10.6 Å². The predicted molar refractivity (Wildman–Crippen MR) is 107 cm³/mol. The highest BCUT2D eigenvalue weighted by atomic mass is 32.2. The van der Waals surface area contributed by atoms with Crippen molar-refractivity contribution in [1.29, 1.82) is 5.26 Å². The smallest absolute Gasteiger partial charge is 0.253 e. The fourth-order valence-electron chi connectivity index (χ4n) is 3.61. The number of benzene rings is 1. The van der Waals surface area contributed by atoms with Crippen molar-refractivity contribution in [2.45, 2.75) is 24.9 Å². The Morgan fingerprint density at radius 1 is 1.23 bits per heavy atom. The molecule has 2 aliphatic rings. The van der Waals surface area contributed by atoms with Gasteiger partial charge in [0, 0.05) is 31.7 Å². The SMILES string of the molecule is CS(=O)(=O)N1CCN(C(=O)c2ccc(C#N)cc2)C[C@H]1C(=O)N[C@@H]1CCCNC1=O. The van der Waals surface area contributed by atoms with Crippen LogP contribution in [-0.4, -0.2) is 79.9 Å². The Kier molecular flexibility index (Phi) is 6.38. The Hall–Kier alpha value is -2.97. The first kappa shape index (κ1) is 21.7. The number of sulfonamides is 1. The van der Waals surface area contributed by atoms with Crippen LogP contribution in [0.5, 0.6) is 0 Å². The first-order valence-corrected chi connectivity index (χ1v) is 11.4. The monoisotopic (exact) mass is 433 g/mol. The van der Waals surface area contributed by atoms with Gasteiger partial charge in [-0.1, -0.05) is 0 Å².